The molecule has 1 heterocycles. The van der Waals surface area contributed by atoms with Gasteiger partial charge in [0, 0.05) is 18.2 Å². The van der Waals surface area contributed by atoms with Gasteiger partial charge in [0.15, 0.2) is 0 Å². The lowest BCUT2D eigenvalue weighted by Crippen LogP contribution is -2.33. The first kappa shape index (κ1) is 12.5. The van der Waals surface area contributed by atoms with Crippen LogP contribution in [0, 0.1) is 24.2 Å². The minimum atomic E-state index is 0.193. The predicted molar refractivity (Wildman–Crippen MR) is 74.1 cm³/mol. The maximum atomic E-state index is 12.2. The fraction of sp³-hybridized carbons (Fsp3) is 0.467. The maximum absolute atomic E-state index is 12.2. The van der Waals surface area contributed by atoms with Crippen molar-refractivity contribution in [1.82, 2.24) is 0 Å². The zero-order valence-electron chi connectivity index (χ0n) is 10.8. The normalized spacial score (nSPS) is 25.5. The van der Waals surface area contributed by atoms with E-state index in [0.29, 0.717) is 29.0 Å². The third-order valence-corrected chi connectivity index (χ3v) is 4.88. The second-order valence-corrected chi connectivity index (χ2v) is 5.79. The molecule has 0 N–H and O–H groups in total. The van der Waals surface area contributed by atoms with Crippen molar-refractivity contribution in [2.75, 3.05) is 4.90 Å². The molecule has 0 unspecified atom stereocenters. The van der Waals surface area contributed by atoms with Crippen molar-refractivity contribution in [2.24, 2.45) is 5.92 Å². The number of hydrogen-bond acceptors (Lipinski definition) is 2. The highest BCUT2D eigenvalue weighted by molar-refractivity contribution is 6.33. The van der Waals surface area contributed by atoms with Gasteiger partial charge in [-0.2, -0.15) is 5.26 Å². The number of nitriles is 1. The van der Waals surface area contributed by atoms with Crippen molar-refractivity contribution in [3.05, 3.63) is 28.3 Å². The van der Waals surface area contributed by atoms with Gasteiger partial charge in [-0.1, -0.05) is 18.0 Å². The SMILES string of the molecule is Cc1c(N2C(=O)C[C@@H]3CCC[C@@H]32)ccc(C#N)c1Cl. The summed E-state index contributed by atoms with van der Waals surface area (Å²) >= 11 is 6.21. The van der Waals surface area contributed by atoms with Gasteiger partial charge in [0.2, 0.25) is 5.91 Å². The maximum Gasteiger partial charge on any atom is 0.227 e. The van der Waals surface area contributed by atoms with Gasteiger partial charge in [-0.15, -0.1) is 0 Å². The zero-order chi connectivity index (χ0) is 13.6. The highest BCUT2D eigenvalue weighted by atomic mass is 35.5. The van der Waals surface area contributed by atoms with Gasteiger partial charge in [-0.25, -0.2) is 0 Å². The van der Waals surface area contributed by atoms with E-state index in [1.165, 1.54) is 6.42 Å². The summed E-state index contributed by atoms with van der Waals surface area (Å²) in [5, 5.41) is 9.45. The summed E-state index contributed by atoms with van der Waals surface area (Å²) in [5.74, 6) is 0.694. The van der Waals surface area contributed by atoms with Crippen molar-refractivity contribution in [3.8, 4) is 6.07 Å². The molecule has 0 aromatic heterocycles. The molecule has 1 amide bonds. The average Bonchev–Trinajstić information content (AvgIpc) is 2.93. The molecule has 1 aliphatic carbocycles. The van der Waals surface area contributed by atoms with Crippen LogP contribution in [-0.4, -0.2) is 11.9 Å². The summed E-state index contributed by atoms with van der Waals surface area (Å²) in [6.07, 6.45) is 4.08. The Labute approximate surface area is 117 Å². The number of anilines is 1. The number of amides is 1. The van der Waals surface area contributed by atoms with Gasteiger partial charge in [0.05, 0.1) is 10.6 Å². The molecule has 2 aliphatic rings. The Balaban J connectivity index is 2.05. The van der Waals surface area contributed by atoms with E-state index in [0.717, 1.165) is 24.1 Å². The van der Waals surface area contributed by atoms with E-state index in [1.54, 1.807) is 6.07 Å². The molecule has 98 valence electrons. The number of carbonyl (C=O) groups excluding carboxylic acids is 1. The molecule has 1 aromatic carbocycles. The van der Waals surface area contributed by atoms with E-state index in [-0.39, 0.29) is 5.91 Å². The van der Waals surface area contributed by atoms with Gasteiger partial charge in [0.25, 0.3) is 0 Å². The molecule has 3 nitrogen and oxygen atoms in total. The smallest absolute Gasteiger partial charge is 0.227 e. The molecule has 2 atom stereocenters. The van der Waals surface area contributed by atoms with Crippen LogP contribution < -0.4 is 4.90 Å². The number of rotatable bonds is 1. The Morgan fingerprint density at radius 2 is 2.21 bits per heavy atom. The molecule has 0 bridgehead atoms. The van der Waals surface area contributed by atoms with E-state index in [2.05, 4.69) is 6.07 Å². The van der Waals surface area contributed by atoms with E-state index >= 15 is 0 Å². The largest absolute Gasteiger partial charge is 0.309 e. The highest BCUT2D eigenvalue weighted by Crippen LogP contribution is 2.43. The number of fused-ring (bicyclic) bond motifs is 1. The van der Waals surface area contributed by atoms with Crippen molar-refractivity contribution in [2.45, 2.75) is 38.6 Å². The third kappa shape index (κ3) is 1.82. The van der Waals surface area contributed by atoms with Gasteiger partial charge in [0.1, 0.15) is 6.07 Å². The molecule has 19 heavy (non-hydrogen) atoms. The quantitative estimate of drug-likeness (QED) is 0.787. The minimum Gasteiger partial charge on any atom is -0.309 e. The molecule has 3 rings (SSSR count). The molecule has 1 aromatic rings. The van der Waals surface area contributed by atoms with Crippen molar-refractivity contribution in [1.29, 1.82) is 5.26 Å². The molecule has 1 aliphatic heterocycles. The minimum absolute atomic E-state index is 0.193. The lowest BCUT2D eigenvalue weighted by molar-refractivity contribution is -0.117. The van der Waals surface area contributed by atoms with Gasteiger partial charge < -0.3 is 4.90 Å². The molecule has 2 fully saturated rings. The van der Waals surface area contributed by atoms with Crippen LogP contribution in [0.1, 0.15) is 36.8 Å². The number of carbonyl (C=O) groups is 1. The predicted octanol–water partition coefficient (Wildman–Crippen LogP) is 3.43. The van der Waals surface area contributed by atoms with Crippen molar-refractivity contribution in [3.63, 3.8) is 0 Å². The first-order valence-corrected chi connectivity index (χ1v) is 7.02. The van der Waals surface area contributed by atoms with Crippen LogP contribution in [0.25, 0.3) is 0 Å². The summed E-state index contributed by atoms with van der Waals surface area (Å²) in [5.41, 5.74) is 2.18. The number of halogens is 1. The Kier molecular flexibility index (Phi) is 2.99. The van der Waals surface area contributed by atoms with Crippen LogP contribution in [0.15, 0.2) is 12.1 Å². The summed E-state index contributed by atoms with van der Waals surface area (Å²) < 4.78 is 0. The van der Waals surface area contributed by atoms with Crippen LogP contribution >= 0.6 is 11.6 Å². The summed E-state index contributed by atoms with van der Waals surface area (Å²) in [7, 11) is 0. The second kappa shape index (κ2) is 4.54. The van der Waals surface area contributed by atoms with E-state index in [1.807, 2.05) is 17.9 Å². The zero-order valence-corrected chi connectivity index (χ0v) is 11.6. The number of benzene rings is 1. The van der Waals surface area contributed by atoms with Crippen LogP contribution in [0.3, 0.4) is 0 Å². The van der Waals surface area contributed by atoms with E-state index < -0.39 is 0 Å². The number of nitrogens with zero attached hydrogens (tertiary/aromatic N) is 2. The third-order valence-electron chi connectivity index (χ3n) is 4.39. The van der Waals surface area contributed by atoms with Crippen LogP contribution in [0.2, 0.25) is 5.02 Å². The molecule has 0 spiro atoms. The second-order valence-electron chi connectivity index (χ2n) is 5.41. The fourth-order valence-electron chi connectivity index (χ4n) is 3.44. The first-order valence-electron chi connectivity index (χ1n) is 6.64. The molecular weight excluding hydrogens is 260 g/mol. The molecular formula is C15H15ClN2O. The standard InChI is InChI=1S/C15H15ClN2O/c1-9-12(6-5-11(8-17)15(9)16)18-13-4-2-3-10(13)7-14(18)19/h5-6,10,13H,2-4,7H2,1H3/t10-,13-/m0/s1. The lowest BCUT2D eigenvalue weighted by Gasteiger charge is -2.26. The van der Waals surface area contributed by atoms with Crippen molar-refractivity contribution >= 4 is 23.2 Å². The average molecular weight is 275 g/mol. The summed E-state index contributed by atoms with van der Waals surface area (Å²) in [6, 6.07) is 5.97. The van der Waals surface area contributed by atoms with Gasteiger partial charge in [-0.3, -0.25) is 4.79 Å². The molecule has 4 heteroatoms. The van der Waals surface area contributed by atoms with E-state index in [9.17, 15) is 4.79 Å². The molecule has 1 saturated heterocycles. The lowest BCUT2D eigenvalue weighted by atomic mass is 10.0. The van der Waals surface area contributed by atoms with Crippen LogP contribution in [0.4, 0.5) is 5.69 Å². The summed E-state index contributed by atoms with van der Waals surface area (Å²) in [6.45, 7) is 1.88. The van der Waals surface area contributed by atoms with Crippen LogP contribution in [-0.2, 0) is 4.79 Å². The van der Waals surface area contributed by atoms with Crippen LogP contribution in [0.5, 0.6) is 0 Å². The molecule has 0 radical (unpaired) electrons. The van der Waals surface area contributed by atoms with E-state index in [4.69, 9.17) is 16.9 Å². The Morgan fingerprint density at radius 1 is 1.42 bits per heavy atom. The summed E-state index contributed by atoms with van der Waals surface area (Å²) in [4.78, 5) is 14.1. The topological polar surface area (TPSA) is 44.1 Å². The van der Waals surface area contributed by atoms with Crippen molar-refractivity contribution < 1.29 is 4.79 Å². The monoisotopic (exact) mass is 274 g/mol. The van der Waals surface area contributed by atoms with Gasteiger partial charge >= 0.3 is 0 Å². The number of hydrogen-bond donors (Lipinski definition) is 0. The fourth-order valence-corrected chi connectivity index (χ4v) is 3.64. The van der Waals surface area contributed by atoms with Gasteiger partial charge in [-0.05, 0) is 43.4 Å². The highest BCUT2D eigenvalue weighted by Gasteiger charge is 2.43. The Bertz CT molecular complexity index is 591. The molecule has 1 saturated carbocycles. The Hall–Kier alpha value is -1.53. The Morgan fingerprint density at radius 3 is 2.95 bits per heavy atom. The first-order chi connectivity index (χ1) is 9.13.